The van der Waals surface area contributed by atoms with Gasteiger partial charge in [0, 0.05) is 23.0 Å². The van der Waals surface area contributed by atoms with Crippen LogP contribution in [0.4, 0.5) is 16.2 Å². The summed E-state index contributed by atoms with van der Waals surface area (Å²) in [5, 5.41) is 11.8. The first kappa shape index (κ1) is 20.0. The van der Waals surface area contributed by atoms with Crippen LogP contribution in [0, 0.1) is 11.3 Å². The number of hydrogen-bond acceptors (Lipinski definition) is 5. The SMILES string of the molecule is N#Cc1cccc(COc2cccc(NC(=O)c3ccc(N4CCOC4=O)cc3)c2)c1. The second-order valence-corrected chi connectivity index (χ2v) is 6.90. The standard InChI is InChI=1S/C24H19N3O4/c25-15-17-3-1-4-18(13-17)16-31-22-6-2-5-20(14-22)26-23(28)19-7-9-21(10-8-19)27-11-12-30-24(27)29/h1-10,13-14H,11-12,16H2,(H,26,28). The van der Waals surface area contributed by atoms with E-state index in [0.29, 0.717) is 48.0 Å². The van der Waals surface area contributed by atoms with Crippen LogP contribution in [0.2, 0.25) is 0 Å². The Balaban J connectivity index is 1.38. The summed E-state index contributed by atoms with van der Waals surface area (Å²) < 4.78 is 10.7. The Morgan fingerprint density at radius 1 is 1.10 bits per heavy atom. The smallest absolute Gasteiger partial charge is 0.414 e. The number of benzene rings is 3. The fraction of sp³-hybridized carbons (Fsp3) is 0.125. The number of hydrogen-bond donors (Lipinski definition) is 1. The second-order valence-electron chi connectivity index (χ2n) is 6.90. The Bertz CT molecular complexity index is 1150. The topological polar surface area (TPSA) is 91.7 Å². The van der Waals surface area contributed by atoms with Crippen LogP contribution >= 0.6 is 0 Å². The monoisotopic (exact) mass is 413 g/mol. The lowest BCUT2D eigenvalue weighted by Crippen LogP contribution is -2.23. The largest absolute Gasteiger partial charge is 0.489 e. The maximum atomic E-state index is 12.6. The molecule has 3 aromatic carbocycles. The summed E-state index contributed by atoms with van der Waals surface area (Å²) in [7, 11) is 0. The third-order valence-corrected chi connectivity index (χ3v) is 4.76. The van der Waals surface area contributed by atoms with Gasteiger partial charge in [0.15, 0.2) is 0 Å². The fourth-order valence-corrected chi connectivity index (χ4v) is 3.18. The quantitative estimate of drug-likeness (QED) is 0.649. The van der Waals surface area contributed by atoms with Crippen LogP contribution in [-0.4, -0.2) is 25.2 Å². The van der Waals surface area contributed by atoms with Crippen molar-refractivity contribution in [3.8, 4) is 11.8 Å². The minimum atomic E-state index is -0.381. The molecule has 1 fully saturated rings. The number of rotatable bonds is 6. The Labute approximate surface area is 179 Å². The van der Waals surface area contributed by atoms with Crippen LogP contribution in [0.25, 0.3) is 0 Å². The number of ether oxygens (including phenoxy) is 2. The molecule has 4 rings (SSSR count). The number of carbonyl (C=O) groups excluding carboxylic acids is 2. The highest BCUT2D eigenvalue weighted by Crippen LogP contribution is 2.22. The van der Waals surface area contributed by atoms with E-state index in [4.69, 9.17) is 14.7 Å². The Hall–Kier alpha value is -4.31. The van der Waals surface area contributed by atoms with Gasteiger partial charge in [-0.25, -0.2) is 4.79 Å². The summed E-state index contributed by atoms with van der Waals surface area (Å²) >= 11 is 0. The predicted octanol–water partition coefficient (Wildman–Crippen LogP) is 4.35. The molecule has 0 atom stereocenters. The van der Waals surface area contributed by atoms with E-state index in [1.54, 1.807) is 60.7 Å². The molecule has 0 bridgehead atoms. The van der Waals surface area contributed by atoms with Gasteiger partial charge in [0.25, 0.3) is 5.91 Å². The van der Waals surface area contributed by atoms with Crippen LogP contribution in [0.3, 0.4) is 0 Å². The molecule has 7 nitrogen and oxygen atoms in total. The lowest BCUT2D eigenvalue weighted by atomic mass is 10.1. The van der Waals surface area contributed by atoms with Crippen LogP contribution in [-0.2, 0) is 11.3 Å². The maximum absolute atomic E-state index is 12.6. The fourth-order valence-electron chi connectivity index (χ4n) is 3.18. The molecule has 3 aromatic rings. The van der Waals surface area contributed by atoms with Crippen molar-refractivity contribution in [2.24, 2.45) is 0 Å². The number of amides is 2. The van der Waals surface area contributed by atoms with Gasteiger partial charge in [0.05, 0.1) is 18.2 Å². The molecule has 0 aromatic heterocycles. The average Bonchev–Trinajstić information content (AvgIpc) is 3.24. The van der Waals surface area contributed by atoms with Crippen LogP contribution < -0.4 is 15.0 Å². The van der Waals surface area contributed by atoms with E-state index in [9.17, 15) is 9.59 Å². The normalized spacial score (nSPS) is 12.7. The zero-order chi connectivity index (χ0) is 21.6. The highest BCUT2D eigenvalue weighted by Gasteiger charge is 2.23. The lowest BCUT2D eigenvalue weighted by Gasteiger charge is -2.13. The molecular formula is C24H19N3O4. The van der Waals surface area contributed by atoms with E-state index in [-0.39, 0.29) is 12.0 Å². The van der Waals surface area contributed by atoms with Crippen molar-refractivity contribution in [1.29, 1.82) is 5.26 Å². The molecule has 1 aliphatic rings. The number of nitrogens with zero attached hydrogens (tertiary/aromatic N) is 2. The molecular weight excluding hydrogens is 394 g/mol. The summed E-state index contributed by atoms with van der Waals surface area (Å²) in [6.45, 7) is 1.18. The molecule has 31 heavy (non-hydrogen) atoms. The molecule has 1 saturated heterocycles. The molecule has 0 spiro atoms. The van der Waals surface area contributed by atoms with E-state index in [2.05, 4.69) is 11.4 Å². The maximum Gasteiger partial charge on any atom is 0.414 e. The van der Waals surface area contributed by atoms with Gasteiger partial charge in [-0.2, -0.15) is 5.26 Å². The summed E-state index contributed by atoms with van der Waals surface area (Å²) in [5.74, 6) is 0.331. The van der Waals surface area contributed by atoms with Crippen molar-refractivity contribution in [1.82, 2.24) is 0 Å². The molecule has 0 radical (unpaired) electrons. The minimum absolute atomic E-state index is 0.269. The number of cyclic esters (lactones) is 1. The first-order valence-electron chi connectivity index (χ1n) is 9.70. The van der Waals surface area contributed by atoms with Gasteiger partial charge in [-0.05, 0) is 54.1 Å². The van der Waals surface area contributed by atoms with Gasteiger partial charge in [0.2, 0.25) is 0 Å². The van der Waals surface area contributed by atoms with Crippen LogP contribution in [0.1, 0.15) is 21.5 Å². The second kappa shape index (κ2) is 9.01. The number of nitriles is 1. The third-order valence-electron chi connectivity index (χ3n) is 4.76. The first-order chi connectivity index (χ1) is 15.1. The Morgan fingerprint density at radius 2 is 1.90 bits per heavy atom. The molecule has 1 N–H and O–H groups in total. The Morgan fingerprint density at radius 3 is 2.65 bits per heavy atom. The predicted molar refractivity (Wildman–Crippen MR) is 115 cm³/mol. The highest BCUT2D eigenvalue weighted by atomic mass is 16.6. The minimum Gasteiger partial charge on any atom is -0.489 e. The summed E-state index contributed by atoms with van der Waals surface area (Å²) in [6, 6.07) is 23.2. The van der Waals surface area contributed by atoms with E-state index in [1.807, 2.05) is 12.1 Å². The molecule has 0 aliphatic carbocycles. The zero-order valence-corrected chi connectivity index (χ0v) is 16.6. The van der Waals surface area contributed by atoms with Gasteiger partial charge < -0.3 is 14.8 Å². The van der Waals surface area contributed by atoms with Crippen molar-refractivity contribution >= 4 is 23.4 Å². The average molecular weight is 413 g/mol. The number of carbonyl (C=O) groups is 2. The number of nitrogens with one attached hydrogen (secondary N) is 1. The van der Waals surface area contributed by atoms with Gasteiger partial charge in [0.1, 0.15) is 19.0 Å². The van der Waals surface area contributed by atoms with E-state index in [1.165, 1.54) is 4.90 Å². The van der Waals surface area contributed by atoms with Gasteiger partial charge in [-0.3, -0.25) is 9.69 Å². The van der Waals surface area contributed by atoms with Gasteiger partial charge in [-0.15, -0.1) is 0 Å². The summed E-state index contributed by atoms with van der Waals surface area (Å²) in [4.78, 5) is 25.7. The van der Waals surface area contributed by atoms with Crippen LogP contribution in [0.15, 0.2) is 72.8 Å². The lowest BCUT2D eigenvalue weighted by molar-refractivity contribution is 0.102. The van der Waals surface area contributed by atoms with Crippen molar-refractivity contribution in [2.45, 2.75) is 6.61 Å². The van der Waals surface area contributed by atoms with E-state index >= 15 is 0 Å². The molecule has 1 aliphatic heterocycles. The summed E-state index contributed by atoms with van der Waals surface area (Å²) in [6.07, 6.45) is -0.381. The molecule has 7 heteroatoms. The summed E-state index contributed by atoms with van der Waals surface area (Å²) in [5.41, 5.74) is 3.22. The highest BCUT2D eigenvalue weighted by molar-refractivity contribution is 6.04. The van der Waals surface area contributed by atoms with Gasteiger partial charge >= 0.3 is 6.09 Å². The molecule has 154 valence electrons. The van der Waals surface area contributed by atoms with Crippen LogP contribution in [0.5, 0.6) is 5.75 Å². The van der Waals surface area contributed by atoms with Crippen molar-refractivity contribution in [3.05, 3.63) is 89.5 Å². The molecule has 0 saturated carbocycles. The zero-order valence-electron chi connectivity index (χ0n) is 16.6. The van der Waals surface area contributed by atoms with Crippen molar-refractivity contribution < 1.29 is 19.1 Å². The van der Waals surface area contributed by atoms with Crippen molar-refractivity contribution in [3.63, 3.8) is 0 Å². The molecule has 2 amide bonds. The first-order valence-corrected chi connectivity index (χ1v) is 9.70. The van der Waals surface area contributed by atoms with E-state index < -0.39 is 0 Å². The van der Waals surface area contributed by atoms with Gasteiger partial charge in [-0.1, -0.05) is 18.2 Å². The number of anilines is 2. The van der Waals surface area contributed by atoms with Crippen molar-refractivity contribution in [2.75, 3.05) is 23.4 Å². The van der Waals surface area contributed by atoms with E-state index in [0.717, 1.165) is 5.56 Å². The third kappa shape index (κ3) is 4.82. The molecule has 0 unspecified atom stereocenters. The molecule has 1 heterocycles. The Kier molecular flexibility index (Phi) is 5.81.